The Labute approximate surface area is 148 Å². The van der Waals surface area contributed by atoms with Crippen molar-refractivity contribution in [1.82, 2.24) is 15.1 Å². The zero-order valence-corrected chi connectivity index (χ0v) is 14.6. The van der Waals surface area contributed by atoms with Crippen LogP contribution in [0.4, 0.5) is 10.5 Å². The number of urea groups is 1. The molecular weight excluding hydrogens is 316 g/mol. The Morgan fingerprint density at radius 2 is 1.96 bits per heavy atom. The molecule has 2 aromatic rings. The predicted molar refractivity (Wildman–Crippen MR) is 97.5 cm³/mol. The first-order chi connectivity index (χ1) is 12.1. The smallest absolute Gasteiger partial charge is 0.319 e. The fourth-order valence-corrected chi connectivity index (χ4v) is 3.28. The molecule has 1 aliphatic rings. The third-order valence-electron chi connectivity index (χ3n) is 4.76. The summed E-state index contributed by atoms with van der Waals surface area (Å²) in [5.41, 5.74) is 3.06. The average molecular weight is 342 g/mol. The van der Waals surface area contributed by atoms with Crippen LogP contribution in [-0.2, 0) is 6.54 Å². The van der Waals surface area contributed by atoms with E-state index in [0.29, 0.717) is 12.5 Å². The molecule has 0 aliphatic heterocycles. The van der Waals surface area contributed by atoms with Crippen LogP contribution in [-0.4, -0.2) is 33.6 Å². The summed E-state index contributed by atoms with van der Waals surface area (Å²) in [6.07, 6.45) is 7.66. The van der Waals surface area contributed by atoms with Crippen LogP contribution in [0.2, 0.25) is 0 Å². The number of hydrogen-bond donors (Lipinski definition) is 3. The van der Waals surface area contributed by atoms with Gasteiger partial charge in [-0.25, -0.2) is 4.79 Å². The van der Waals surface area contributed by atoms with E-state index in [9.17, 15) is 4.79 Å². The van der Waals surface area contributed by atoms with Gasteiger partial charge in [0.25, 0.3) is 0 Å². The lowest BCUT2D eigenvalue weighted by Crippen LogP contribution is -2.40. The van der Waals surface area contributed by atoms with Gasteiger partial charge in [0.1, 0.15) is 0 Å². The molecule has 25 heavy (non-hydrogen) atoms. The molecule has 0 spiro atoms. The average Bonchev–Trinajstić information content (AvgIpc) is 3.02. The fraction of sp³-hybridized carbons (Fsp3) is 0.474. The van der Waals surface area contributed by atoms with Gasteiger partial charge in [-0.3, -0.25) is 4.68 Å². The van der Waals surface area contributed by atoms with Crippen LogP contribution in [0.25, 0.3) is 0 Å². The maximum absolute atomic E-state index is 12.1. The third-order valence-corrected chi connectivity index (χ3v) is 4.76. The van der Waals surface area contributed by atoms with Gasteiger partial charge in [-0.1, -0.05) is 12.1 Å². The number of hydrogen-bond acceptors (Lipinski definition) is 3. The number of aryl methyl sites for hydroxylation is 1. The lowest BCUT2D eigenvalue weighted by molar-refractivity contribution is 0.176. The minimum atomic E-state index is -0.164. The number of nitrogens with one attached hydrogen (secondary N) is 2. The molecule has 6 nitrogen and oxygen atoms in total. The highest BCUT2D eigenvalue weighted by Crippen LogP contribution is 2.23. The van der Waals surface area contributed by atoms with Gasteiger partial charge in [-0.05, 0) is 61.8 Å². The molecule has 0 radical (unpaired) electrons. The van der Waals surface area contributed by atoms with Gasteiger partial charge in [0.15, 0.2) is 0 Å². The molecule has 0 atom stereocenters. The zero-order valence-electron chi connectivity index (χ0n) is 14.6. The first-order valence-corrected chi connectivity index (χ1v) is 8.89. The Balaban J connectivity index is 1.47. The van der Waals surface area contributed by atoms with Gasteiger partial charge in [-0.15, -0.1) is 0 Å². The van der Waals surface area contributed by atoms with Crippen molar-refractivity contribution in [3.8, 4) is 0 Å². The monoisotopic (exact) mass is 342 g/mol. The van der Waals surface area contributed by atoms with E-state index < -0.39 is 0 Å². The lowest BCUT2D eigenvalue weighted by atomic mass is 9.87. The summed E-state index contributed by atoms with van der Waals surface area (Å²) in [6, 6.07) is 7.85. The Kier molecular flexibility index (Phi) is 5.71. The maximum Gasteiger partial charge on any atom is 0.319 e. The van der Waals surface area contributed by atoms with Crippen molar-refractivity contribution >= 4 is 11.7 Å². The first kappa shape index (κ1) is 17.5. The summed E-state index contributed by atoms with van der Waals surface area (Å²) >= 11 is 0. The molecule has 2 amide bonds. The molecule has 1 aromatic heterocycles. The van der Waals surface area contributed by atoms with Gasteiger partial charge < -0.3 is 15.7 Å². The van der Waals surface area contributed by atoms with Gasteiger partial charge in [0.05, 0.1) is 12.7 Å². The summed E-state index contributed by atoms with van der Waals surface area (Å²) in [4.78, 5) is 12.1. The van der Waals surface area contributed by atoms with E-state index in [1.165, 1.54) is 0 Å². The minimum absolute atomic E-state index is 0.164. The summed E-state index contributed by atoms with van der Waals surface area (Å²) < 4.78 is 1.90. The number of aromatic nitrogens is 2. The minimum Gasteiger partial charge on any atom is -0.396 e. The molecule has 1 fully saturated rings. The third kappa shape index (κ3) is 5.06. The predicted octanol–water partition coefficient (Wildman–Crippen LogP) is 2.91. The number of nitrogens with zero attached hydrogens (tertiary/aromatic N) is 2. The summed E-state index contributed by atoms with van der Waals surface area (Å²) in [7, 11) is 0. The first-order valence-electron chi connectivity index (χ1n) is 8.89. The lowest BCUT2D eigenvalue weighted by Gasteiger charge is -2.27. The summed E-state index contributed by atoms with van der Waals surface area (Å²) in [5.74, 6) is 0.396. The van der Waals surface area contributed by atoms with Crippen molar-refractivity contribution in [2.24, 2.45) is 5.92 Å². The van der Waals surface area contributed by atoms with Crippen molar-refractivity contribution in [1.29, 1.82) is 0 Å². The molecule has 0 bridgehead atoms. The molecular formula is C19H26N4O2. The van der Waals surface area contributed by atoms with Gasteiger partial charge in [0.2, 0.25) is 0 Å². The Bertz CT molecular complexity index is 688. The van der Waals surface area contributed by atoms with Crippen LogP contribution in [0.15, 0.2) is 36.7 Å². The Hall–Kier alpha value is -2.34. The second-order valence-electron chi connectivity index (χ2n) is 6.91. The second-order valence-corrected chi connectivity index (χ2v) is 6.91. The van der Waals surface area contributed by atoms with E-state index in [1.54, 1.807) is 0 Å². The van der Waals surface area contributed by atoms with Crippen molar-refractivity contribution in [3.05, 3.63) is 47.8 Å². The molecule has 1 aliphatic carbocycles. The fourth-order valence-electron chi connectivity index (χ4n) is 3.28. The van der Waals surface area contributed by atoms with E-state index in [1.807, 2.05) is 48.3 Å². The second kappa shape index (κ2) is 8.16. The van der Waals surface area contributed by atoms with Gasteiger partial charge in [0, 0.05) is 24.5 Å². The van der Waals surface area contributed by atoms with Crippen LogP contribution in [0.5, 0.6) is 0 Å². The number of carbonyl (C=O) groups is 1. The SMILES string of the molecule is Cc1cnn(Cc2ccc(NC(=O)NC3CCC(CO)CC3)cc2)c1. The number of carbonyl (C=O) groups excluding carboxylic acids is 1. The molecule has 0 unspecified atom stereocenters. The molecule has 1 aromatic carbocycles. The standard InChI is InChI=1S/C19H26N4O2/c1-14-10-20-23(11-14)12-15-2-6-17(7-3-15)21-19(25)22-18-8-4-16(13-24)5-9-18/h2-3,6-7,10-11,16,18,24H,4-5,8-9,12-13H2,1H3,(H2,21,22,25). The highest BCUT2D eigenvalue weighted by molar-refractivity contribution is 5.89. The van der Waals surface area contributed by atoms with Crippen molar-refractivity contribution in [3.63, 3.8) is 0 Å². The molecule has 134 valence electrons. The number of aliphatic hydroxyl groups is 1. The van der Waals surface area contributed by atoms with Crippen LogP contribution in [0, 0.1) is 12.8 Å². The van der Waals surface area contributed by atoms with E-state index in [-0.39, 0.29) is 18.7 Å². The number of aliphatic hydroxyl groups excluding tert-OH is 1. The van der Waals surface area contributed by atoms with Crippen molar-refractivity contribution in [2.45, 2.75) is 45.2 Å². The largest absolute Gasteiger partial charge is 0.396 e. The van der Waals surface area contributed by atoms with Crippen LogP contribution in [0.3, 0.4) is 0 Å². The van der Waals surface area contributed by atoms with Gasteiger partial charge in [-0.2, -0.15) is 5.10 Å². The maximum atomic E-state index is 12.1. The Morgan fingerprint density at radius 1 is 1.24 bits per heavy atom. The van der Waals surface area contributed by atoms with Crippen LogP contribution < -0.4 is 10.6 Å². The van der Waals surface area contributed by atoms with Crippen molar-refractivity contribution in [2.75, 3.05) is 11.9 Å². The highest BCUT2D eigenvalue weighted by atomic mass is 16.3. The van der Waals surface area contributed by atoms with Crippen molar-refractivity contribution < 1.29 is 9.90 Å². The molecule has 1 heterocycles. The molecule has 3 rings (SSSR count). The summed E-state index contributed by atoms with van der Waals surface area (Å²) in [6.45, 7) is 2.99. The topological polar surface area (TPSA) is 79.2 Å². The van der Waals surface area contributed by atoms with E-state index >= 15 is 0 Å². The number of rotatable bonds is 5. The zero-order chi connectivity index (χ0) is 17.6. The van der Waals surface area contributed by atoms with E-state index in [2.05, 4.69) is 15.7 Å². The quantitative estimate of drug-likeness (QED) is 0.782. The number of amides is 2. The van der Waals surface area contributed by atoms with Gasteiger partial charge >= 0.3 is 6.03 Å². The highest BCUT2D eigenvalue weighted by Gasteiger charge is 2.21. The normalized spacial score (nSPS) is 20.2. The van der Waals surface area contributed by atoms with E-state index in [4.69, 9.17) is 5.11 Å². The molecule has 3 N–H and O–H groups in total. The summed E-state index contributed by atoms with van der Waals surface area (Å²) in [5, 5.41) is 19.4. The van der Waals surface area contributed by atoms with E-state index in [0.717, 1.165) is 42.5 Å². The molecule has 6 heteroatoms. The molecule has 0 saturated heterocycles. The number of benzene rings is 1. The van der Waals surface area contributed by atoms with Crippen LogP contribution in [0.1, 0.15) is 36.8 Å². The molecule has 1 saturated carbocycles. The number of anilines is 1. The van der Waals surface area contributed by atoms with Crippen LogP contribution >= 0.6 is 0 Å². The Morgan fingerprint density at radius 3 is 2.56 bits per heavy atom.